The third-order valence-electron chi connectivity index (χ3n) is 6.10. The van der Waals surface area contributed by atoms with Crippen LogP contribution >= 0.6 is 24.0 Å². The second-order valence-electron chi connectivity index (χ2n) is 8.45. The summed E-state index contributed by atoms with van der Waals surface area (Å²) in [5.41, 5.74) is 1.11. The highest BCUT2D eigenvalue weighted by atomic mass is 127. The van der Waals surface area contributed by atoms with Crippen molar-refractivity contribution in [1.82, 2.24) is 15.5 Å². The summed E-state index contributed by atoms with van der Waals surface area (Å²) >= 11 is 0. The van der Waals surface area contributed by atoms with Crippen molar-refractivity contribution >= 4 is 41.5 Å². The number of guanidine groups is 1. The van der Waals surface area contributed by atoms with Crippen LogP contribution in [0.1, 0.15) is 45.4 Å². The topological polar surface area (TPSA) is 78.4 Å². The Hall–Kier alpha value is -1.91. The van der Waals surface area contributed by atoms with E-state index in [0.717, 1.165) is 88.0 Å². The van der Waals surface area contributed by atoms with Gasteiger partial charge < -0.3 is 29.9 Å². The van der Waals surface area contributed by atoms with Crippen molar-refractivity contribution in [1.29, 1.82) is 0 Å². The minimum atomic E-state index is 0. The third-order valence-corrected chi connectivity index (χ3v) is 6.10. The maximum absolute atomic E-state index is 12.1. The monoisotopic (exact) mass is 573 g/mol. The molecule has 3 rings (SSSR count). The van der Waals surface area contributed by atoms with Gasteiger partial charge >= 0.3 is 0 Å². The number of carbonyl (C=O) groups is 1. The summed E-state index contributed by atoms with van der Waals surface area (Å²) in [7, 11) is 3.35. The van der Waals surface area contributed by atoms with Gasteiger partial charge in [0.1, 0.15) is 11.5 Å². The summed E-state index contributed by atoms with van der Waals surface area (Å²) in [4.78, 5) is 21.3. The Labute approximate surface area is 215 Å². The van der Waals surface area contributed by atoms with Crippen LogP contribution in [0.25, 0.3) is 0 Å². The van der Waals surface area contributed by atoms with Gasteiger partial charge in [0.05, 0.1) is 14.2 Å². The Morgan fingerprint density at radius 2 is 1.88 bits per heavy atom. The Bertz CT molecular complexity index is 754. The number of hydrogen-bond acceptors (Lipinski definition) is 5. The van der Waals surface area contributed by atoms with E-state index in [0.29, 0.717) is 24.9 Å². The van der Waals surface area contributed by atoms with Crippen LogP contribution in [0.15, 0.2) is 23.2 Å². The van der Waals surface area contributed by atoms with Crippen LogP contribution in [-0.2, 0) is 4.79 Å². The molecule has 1 aromatic carbocycles. The predicted octanol–water partition coefficient (Wildman–Crippen LogP) is 3.25. The van der Waals surface area contributed by atoms with Gasteiger partial charge in [-0.3, -0.25) is 9.79 Å². The van der Waals surface area contributed by atoms with Crippen LogP contribution in [-0.4, -0.2) is 76.3 Å². The normalized spacial score (nSPS) is 19.1. The lowest BCUT2D eigenvalue weighted by molar-refractivity contribution is -0.130. The molecule has 33 heavy (non-hydrogen) atoms. The van der Waals surface area contributed by atoms with E-state index < -0.39 is 0 Å². The molecule has 2 aliphatic heterocycles. The molecule has 1 aromatic rings. The molecule has 0 spiro atoms. The first-order valence-electron chi connectivity index (χ1n) is 11.9. The van der Waals surface area contributed by atoms with Crippen LogP contribution < -0.4 is 25.0 Å². The van der Waals surface area contributed by atoms with Crippen molar-refractivity contribution in [3.05, 3.63) is 18.2 Å². The largest absolute Gasteiger partial charge is 0.497 e. The van der Waals surface area contributed by atoms with E-state index in [2.05, 4.69) is 22.5 Å². The molecule has 0 aromatic heterocycles. The van der Waals surface area contributed by atoms with Crippen molar-refractivity contribution < 1.29 is 14.3 Å². The Balaban J connectivity index is 0.00000385. The maximum atomic E-state index is 12.1. The molecular weight excluding hydrogens is 533 g/mol. The quantitative estimate of drug-likeness (QED) is 0.205. The number of nitrogens with one attached hydrogen (secondary N) is 2. The lowest BCUT2D eigenvalue weighted by Gasteiger charge is -2.22. The zero-order valence-electron chi connectivity index (χ0n) is 20.3. The number of likely N-dealkylation sites (tertiary alicyclic amines) is 1. The summed E-state index contributed by atoms with van der Waals surface area (Å²) in [6.07, 6.45) is 5.94. The van der Waals surface area contributed by atoms with E-state index >= 15 is 0 Å². The van der Waals surface area contributed by atoms with Crippen LogP contribution in [0.2, 0.25) is 0 Å². The van der Waals surface area contributed by atoms with Gasteiger partial charge in [0, 0.05) is 75.6 Å². The van der Waals surface area contributed by atoms with Crippen LogP contribution in [0.5, 0.6) is 11.5 Å². The number of hydrogen-bond donors (Lipinski definition) is 2. The highest BCUT2D eigenvalue weighted by molar-refractivity contribution is 14.0. The summed E-state index contributed by atoms with van der Waals surface area (Å²) < 4.78 is 10.8. The maximum Gasteiger partial charge on any atom is 0.222 e. The molecule has 2 aliphatic rings. The zero-order chi connectivity index (χ0) is 22.8. The van der Waals surface area contributed by atoms with Crippen LogP contribution in [0, 0.1) is 0 Å². The number of rotatable bonds is 9. The smallest absolute Gasteiger partial charge is 0.222 e. The molecule has 8 nitrogen and oxygen atoms in total. The van der Waals surface area contributed by atoms with E-state index in [1.165, 1.54) is 0 Å². The summed E-state index contributed by atoms with van der Waals surface area (Å²) in [6, 6.07) is 6.31. The second-order valence-corrected chi connectivity index (χ2v) is 8.45. The number of ether oxygens (including phenoxy) is 2. The molecule has 2 N–H and O–H groups in total. The fourth-order valence-electron chi connectivity index (χ4n) is 4.33. The SMILES string of the molecule is CCNC(=NCCCN1CCCCCC1=O)NC1CCN(c2cc(OC)cc(OC)c2)C1.I. The van der Waals surface area contributed by atoms with Gasteiger partial charge in [0.2, 0.25) is 5.91 Å². The van der Waals surface area contributed by atoms with Crippen molar-refractivity contribution in [3.8, 4) is 11.5 Å². The number of carbonyl (C=O) groups excluding carboxylic acids is 1. The Kier molecular flexibility index (Phi) is 11.9. The lowest BCUT2D eigenvalue weighted by Crippen LogP contribution is -2.44. The van der Waals surface area contributed by atoms with E-state index in [-0.39, 0.29) is 24.0 Å². The second kappa shape index (κ2) is 14.4. The van der Waals surface area contributed by atoms with Gasteiger partial charge in [0.15, 0.2) is 5.96 Å². The average Bonchev–Trinajstić information content (AvgIpc) is 3.18. The number of nitrogens with zero attached hydrogens (tertiary/aromatic N) is 3. The van der Waals surface area contributed by atoms with E-state index in [1.54, 1.807) is 14.2 Å². The minimum Gasteiger partial charge on any atom is -0.497 e. The van der Waals surface area contributed by atoms with Gasteiger partial charge in [0.25, 0.3) is 0 Å². The molecular formula is C24H40IN5O3. The number of aliphatic imine (C=N–C) groups is 1. The Morgan fingerprint density at radius 3 is 2.58 bits per heavy atom. The van der Waals surface area contributed by atoms with Crippen molar-refractivity contribution in [2.24, 2.45) is 4.99 Å². The zero-order valence-corrected chi connectivity index (χ0v) is 22.6. The fourth-order valence-corrected chi connectivity index (χ4v) is 4.33. The molecule has 0 bridgehead atoms. The summed E-state index contributed by atoms with van der Waals surface area (Å²) in [5, 5.41) is 6.94. The molecule has 9 heteroatoms. The number of benzene rings is 1. The van der Waals surface area contributed by atoms with E-state index in [1.807, 2.05) is 23.1 Å². The standard InChI is InChI=1S/C24H39N5O3.HI/c1-4-25-24(26-11-8-13-28-12-7-5-6-9-23(28)30)27-19-10-14-29(18-19)20-15-21(31-2)17-22(16-20)32-3;/h15-17,19H,4-14,18H2,1-3H3,(H2,25,26,27);1H. The molecule has 186 valence electrons. The highest BCUT2D eigenvalue weighted by Crippen LogP contribution is 2.30. The Morgan fingerprint density at radius 1 is 1.12 bits per heavy atom. The van der Waals surface area contributed by atoms with Crippen molar-refractivity contribution in [3.63, 3.8) is 0 Å². The summed E-state index contributed by atoms with van der Waals surface area (Å²) in [5.74, 6) is 2.75. The van der Waals surface area contributed by atoms with Crippen molar-refractivity contribution in [2.45, 2.75) is 51.5 Å². The molecule has 1 atom stereocenters. The number of halogens is 1. The fraction of sp³-hybridized carbons (Fsp3) is 0.667. The predicted molar refractivity (Wildman–Crippen MR) is 144 cm³/mol. The van der Waals surface area contributed by atoms with Crippen LogP contribution in [0.4, 0.5) is 5.69 Å². The molecule has 0 saturated carbocycles. The number of amides is 1. The first kappa shape index (κ1) is 27.3. The molecule has 1 unspecified atom stereocenters. The third kappa shape index (κ3) is 8.42. The minimum absolute atomic E-state index is 0. The first-order valence-corrected chi connectivity index (χ1v) is 11.9. The molecule has 2 saturated heterocycles. The molecule has 2 heterocycles. The molecule has 2 fully saturated rings. The lowest BCUT2D eigenvalue weighted by atomic mass is 10.2. The van der Waals surface area contributed by atoms with E-state index in [4.69, 9.17) is 14.5 Å². The molecule has 1 amide bonds. The van der Waals surface area contributed by atoms with Gasteiger partial charge in [-0.2, -0.15) is 0 Å². The first-order chi connectivity index (χ1) is 15.6. The highest BCUT2D eigenvalue weighted by Gasteiger charge is 2.24. The van der Waals surface area contributed by atoms with Gasteiger partial charge in [-0.05, 0) is 32.6 Å². The number of methoxy groups -OCH3 is 2. The van der Waals surface area contributed by atoms with Crippen molar-refractivity contribution in [2.75, 3.05) is 58.4 Å². The van der Waals surface area contributed by atoms with Gasteiger partial charge in [-0.1, -0.05) is 6.42 Å². The van der Waals surface area contributed by atoms with Gasteiger partial charge in [-0.15, -0.1) is 24.0 Å². The summed E-state index contributed by atoms with van der Waals surface area (Å²) in [6.45, 7) is 7.16. The van der Waals surface area contributed by atoms with Crippen LogP contribution in [0.3, 0.4) is 0 Å². The average molecular weight is 574 g/mol. The molecule has 0 aliphatic carbocycles. The van der Waals surface area contributed by atoms with Gasteiger partial charge in [-0.25, -0.2) is 0 Å². The molecule has 0 radical (unpaired) electrons. The van der Waals surface area contributed by atoms with E-state index in [9.17, 15) is 4.79 Å². The number of anilines is 1.